The third-order valence-electron chi connectivity index (χ3n) is 3.35. The second-order valence-corrected chi connectivity index (χ2v) is 7.20. The van der Waals surface area contributed by atoms with Crippen molar-refractivity contribution >= 4 is 38.3 Å². The van der Waals surface area contributed by atoms with E-state index >= 15 is 0 Å². The second kappa shape index (κ2) is 7.06. The van der Waals surface area contributed by atoms with Gasteiger partial charge in [-0.2, -0.15) is 0 Å². The number of nitrogens with one attached hydrogen (secondary N) is 1. The smallest absolute Gasteiger partial charge is 0.258 e. The lowest BCUT2D eigenvalue weighted by Crippen LogP contribution is -2.12. The molecule has 1 aromatic heterocycles. The third-order valence-corrected chi connectivity index (χ3v) is 4.96. The fourth-order valence-electron chi connectivity index (χ4n) is 2.28. The maximum atomic E-state index is 12.3. The molecule has 5 heteroatoms. The molecule has 0 fully saturated rings. The van der Waals surface area contributed by atoms with Crippen molar-refractivity contribution in [2.75, 3.05) is 5.32 Å². The fraction of sp³-hybridized carbons (Fsp3) is 0.111. The van der Waals surface area contributed by atoms with Crippen molar-refractivity contribution in [1.29, 1.82) is 0 Å². The first kappa shape index (κ1) is 15.9. The molecule has 0 saturated heterocycles. The van der Waals surface area contributed by atoms with E-state index in [1.807, 2.05) is 24.4 Å². The zero-order valence-electron chi connectivity index (χ0n) is 12.5. The summed E-state index contributed by atoms with van der Waals surface area (Å²) in [4.78, 5) is 17.7. The number of carbonyl (C=O) groups excluding carboxylic acids is 1. The Bertz CT molecular complexity index is 844. The van der Waals surface area contributed by atoms with E-state index in [-0.39, 0.29) is 5.91 Å². The Morgan fingerprint density at radius 1 is 1.22 bits per heavy atom. The van der Waals surface area contributed by atoms with Crippen LogP contribution in [0.5, 0.6) is 0 Å². The molecule has 0 aliphatic rings. The Hall–Kier alpha value is -1.98. The summed E-state index contributed by atoms with van der Waals surface area (Å²) in [7, 11) is 0. The number of thiazole rings is 1. The van der Waals surface area contributed by atoms with Crippen molar-refractivity contribution in [1.82, 2.24) is 4.98 Å². The molecule has 0 saturated carbocycles. The van der Waals surface area contributed by atoms with E-state index in [0.29, 0.717) is 10.7 Å². The topological polar surface area (TPSA) is 42.0 Å². The third kappa shape index (κ3) is 4.06. The minimum Gasteiger partial charge on any atom is -0.298 e. The number of hydrogen-bond donors (Lipinski definition) is 1. The average molecular weight is 387 g/mol. The number of carbonyl (C=O) groups is 1. The van der Waals surface area contributed by atoms with Crippen LogP contribution >= 0.6 is 27.3 Å². The van der Waals surface area contributed by atoms with Crippen LogP contribution in [0.3, 0.4) is 0 Å². The molecular weight excluding hydrogens is 372 g/mol. The Kier molecular flexibility index (Phi) is 4.88. The summed E-state index contributed by atoms with van der Waals surface area (Å²) in [5.41, 5.74) is 3.09. The molecule has 3 aromatic rings. The van der Waals surface area contributed by atoms with E-state index in [9.17, 15) is 4.79 Å². The van der Waals surface area contributed by atoms with Crippen molar-refractivity contribution in [2.24, 2.45) is 0 Å². The van der Waals surface area contributed by atoms with Gasteiger partial charge >= 0.3 is 0 Å². The van der Waals surface area contributed by atoms with E-state index in [1.54, 1.807) is 6.07 Å². The van der Waals surface area contributed by atoms with Gasteiger partial charge in [-0.05, 0) is 40.5 Å². The average Bonchev–Trinajstić information content (AvgIpc) is 2.94. The van der Waals surface area contributed by atoms with Gasteiger partial charge in [0.2, 0.25) is 0 Å². The predicted molar refractivity (Wildman–Crippen MR) is 98.2 cm³/mol. The quantitative estimate of drug-likeness (QED) is 0.680. The standard InChI is InChI=1S/C18H15BrN2OS/c1-12-5-4-6-13(9-12)10-14-11-20-18(23-14)21-17(22)15-7-2-3-8-16(15)19/h2-9,11H,10H2,1H3,(H,20,21,22). The highest BCUT2D eigenvalue weighted by molar-refractivity contribution is 9.10. The van der Waals surface area contributed by atoms with E-state index in [0.717, 1.165) is 15.8 Å². The Labute approximate surface area is 147 Å². The summed E-state index contributed by atoms with van der Waals surface area (Å²) < 4.78 is 0.772. The number of benzene rings is 2. The molecule has 0 bridgehead atoms. The van der Waals surface area contributed by atoms with Gasteiger partial charge in [0.25, 0.3) is 5.91 Å². The van der Waals surface area contributed by atoms with Crippen LogP contribution in [0, 0.1) is 6.92 Å². The van der Waals surface area contributed by atoms with Gasteiger partial charge in [0.15, 0.2) is 5.13 Å². The molecule has 0 spiro atoms. The zero-order valence-corrected chi connectivity index (χ0v) is 14.9. The summed E-state index contributed by atoms with van der Waals surface area (Å²) in [5.74, 6) is -0.158. The first-order chi connectivity index (χ1) is 11.1. The lowest BCUT2D eigenvalue weighted by atomic mass is 10.1. The highest BCUT2D eigenvalue weighted by atomic mass is 79.9. The molecule has 1 amide bonds. The van der Waals surface area contributed by atoms with E-state index in [1.165, 1.54) is 22.5 Å². The molecule has 0 atom stereocenters. The summed E-state index contributed by atoms with van der Waals surface area (Å²) in [5, 5.41) is 3.47. The van der Waals surface area contributed by atoms with Gasteiger partial charge in [0.1, 0.15) is 0 Å². The molecule has 1 N–H and O–H groups in total. The Balaban J connectivity index is 1.70. The van der Waals surface area contributed by atoms with Crippen LogP contribution in [0.1, 0.15) is 26.4 Å². The number of halogens is 1. The number of amides is 1. The highest BCUT2D eigenvalue weighted by Gasteiger charge is 2.12. The molecule has 116 valence electrons. The Morgan fingerprint density at radius 2 is 2.04 bits per heavy atom. The highest BCUT2D eigenvalue weighted by Crippen LogP contribution is 2.23. The van der Waals surface area contributed by atoms with Crippen molar-refractivity contribution in [2.45, 2.75) is 13.3 Å². The number of nitrogens with zero attached hydrogens (tertiary/aromatic N) is 1. The number of aryl methyl sites for hydroxylation is 1. The van der Waals surface area contributed by atoms with Crippen molar-refractivity contribution in [3.05, 3.63) is 80.8 Å². The van der Waals surface area contributed by atoms with Crippen LogP contribution in [0.4, 0.5) is 5.13 Å². The largest absolute Gasteiger partial charge is 0.298 e. The van der Waals surface area contributed by atoms with Crippen molar-refractivity contribution in [3.63, 3.8) is 0 Å². The molecule has 0 aliphatic carbocycles. The normalized spacial score (nSPS) is 10.5. The maximum Gasteiger partial charge on any atom is 0.258 e. The molecule has 0 radical (unpaired) electrons. The summed E-state index contributed by atoms with van der Waals surface area (Å²) in [6.45, 7) is 2.08. The number of hydrogen-bond acceptors (Lipinski definition) is 3. The molecule has 1 heterocycles. The van der Waals surface area contributed by atoms with Crippen LogP contribution in [-0.2, 0) is 6.42 Å². The minimum absolute atomic E-state index is 0.158. The van der Waals surface area contributed by atoms with Crippen LogP contribution in [0.25, 0.3) is 0 Å². The lowest BCUT2D eigenvalue weighted by molar-refractivity contribution is 0.102. The molecular formula is C18H15BrN2OS. The van der Waals surface area contributed by atoms with Crippen LogP contribution in [0.2, 0.25) is 0 Å². The van der Waals surface area contributed by atoms with Gasteiger partial charge in [-0.1, -0.05) is 42.0 Å². The fourth-order valence-corrected chi connectivity index (χ4v) is 3.59. The van der Waals surface area contributed by atoms with E-state index in [4.69, 9.17) is 0 Å². The SMILES string of the molecule is Cc1cccc(Cc2cnc(NC(=O)c3ccccc3Br)s2)c1. The molecule has 23 heavy (non-hydrogen) atoms. The van der Waals surface area contributed by atoms with E-state index < -0.39 is 0 Å². The van der Waals surface area contributed by atoms with Gasteiger partial charge < -0.3 is 0 Å². The monoisotopic (exact) mass is 386 g/mol. The van der Waals surface area contributed by atoms with Gasteiger partial charge in [-0.25, -0.2) is 4.98 Å². The molecule has 3 rings (SSSR count). The van der Waals surface area contributed by atoms with Crippen LogP contribution in [-0.4, -0.2) is 10.9 Å². The van der Waals surface area contributed by atoms with Gasteiger partial charge in [0, 0.05) is 22.0 Å². The first-order valence-electron chi connectivity index (χ1n) is 7.18. The number of rotatable bonds is 4. The summed E-state index contributed by atoms with van der Waals surface area (Å²) in [6, 6.07) is 15.8. The van der Waals surface area contributed by atoms with Gasteiger partial charge in [-0.15, -0.1) is 11.3 Å². The van der Waals surface area contributed by atoms with Crippen molar-refractivity contribution in [3.8, 4) is 0 Å². The molecule has 3 nitrogen and oxygen atoms in total. The summed E-state index contributed by atoms with van der Waals surface area (Å²) in [6.07, 6.45) is 2.65. The van der Waals surface area contributed by atoms with E-state index in [2.05, 4.69) is 57.4 Å². The number of aromatic nitrogens is 1. The van der Waals surface area contributed by atoms with Crippen molar-refractivity contribution < 1.29 is 4.79 Å². The van der Waals surface area contributed by atoms with Gasteiger partial charge in [0.05, 0.1) is 5.56 Å². The second-order valence-electron chi connectivity index (χ2n) is 5.23. The van der Waals surface area contributed by atoms with Crippen LogP contribution < -0.4 is 5.32 Å². The number of anilines is 1. The predicted octanol–water partition coefficient (Wildman–Crippen LogP) is 5.06. The lowest BCUT2D eigenvalue weighted by Gasteiger charge is -2.03. The Morgan fingerprint density at radius 3 is 2.83 bits per heavy atom. The first-order valence-corrected chi connectivity index (χ1v) is 8.79. The minimum atomic E-state index is -0.158. The maximum absolute atomic E-state index is 12.3. The van der Waals surface area contributed by atoms with Gasteiger partial charge in [-0.3, -0.25) is 10.1 Å². The molecule has 0 unspecified atom stereocenters. The van der Waals surface area contributed by atoms with Crippen LogP contribution in [0.15, 0.2) is 59.2 Å². The zero-order chi connectivity index (χ0) is 16.2. The molecule has 2 aromatic carbocycles. The molecule has 0 aliphatic heterocycles. The summed E-state index contributed by atoms with van der Waals surface area (Å²) >= 11 is 4.89.